The van der Waals surface area contributed by atoms with Crippen molar-refractivity contribution in [2.75, 3.05) is 0 Å². The molecule has 0 N–H and O–H groups in total. The van der Waals surface area contributed by atoms with Gasteiger partial charge < -0.3 is 9.47 Å². The molecule has 1 heterocycles. The normalized spacial score (nSPS) is 17.2. The van der Waals surface area contributed by atoms with Crippen molar-refractivity contribution in [2.45, 2.75) is 19.6 Å². The topological polar surface area (TPSA) is 78.7 Å². The molecule has 0 aromatic heterocycles. The molecule has 1 atom stereocenters. The minimum absolute atomic E-state index is 0.0101. The Kier molecular flexibility index (Phi) is 2.47. The van der Waals surface area contributed by atoms with Gasteiger partial charge in [-0.15, -0.1) is 0 Å². The summed E-state index contributed by atoms with van der Waals surface area (Å²) in [5.41, 5.74) is -0.279. The number of nitro benzene ring substituents is 1. The fraction of sp³-hybridized carbons (Fsp3) is 0.300. The monoisotopic (exact) mass is 223 g/mol. The van der Waals surface area contributed by atoms with Gasteiger partial charge in [0.05, 0.1) is 16.6 Å². The lowest BCUT2D eigenvalue weighted by atomic mass is 10.2. The second-order valence-corrected chi connectivity index (χ2v) is 3.31. The Morgan fingerprint density at radius 2 is 2.06 bits per heavy atom. The molecule has 1 aromatic carbocycles. The van der Waals surface area contributed by atoms with Gasteiger partial charge in [-0.25, -0.2) is 0 Å². The summed E-state index contributed by atoms with van der Waals surface area (Å²) in [7, 11) is 0. The lowest BCUT2D eigenvalue weighted by molar-refractivity contribution is -0.385. The highest BCUT2D eigenvalue weighted by Gasteiger charge is 2.27. The predicted octanol–water partition coefficient (Wildman–Crippen LogP) is 1.91. The van der Waals surface area contributed by atoms with Crippen LogP contribution in [0.4, 0.5) is 5.69 Å². The van der Waals surface area contributed by atoms with Crippen molar-refractivity contribution in [2.24, 2.45) is 0 Å². The molecule has 2 rings (SSSR count). The van der Waals surface area contributed by atoms with Gasteiger partial charge in [-0.2, -0.15) is 0 Å². The van der Waals surface area contributed by atoms with E-state index in [9.17, 15) is 14.9 Å². The second kappa shape index (κ2) is 3.80. The van der Waals surface area contributed by atoms with Gasteiger partial charge in [0.1, 0.15) is 0 Å². The number of aldehydes is 1. The number of benzene rings is 1. The third kappa shape index (κ3) is 1.58. The van der Waals surface area contributed by atoms with Crippen LogP contribution in [-0.4, -0.2) is 17.5 Å². The van der Waals surface area contributed by atoms with E-state index in [0.717, 1.165) is 0 Å². The zero-order valence-corrected chi connectivity index (χ0v) is 8.50. The van der Waals surface area contributed by atoms with E-state index in [0.29, 0.717) is 24.2 Å². The lowest BCUT2D eigenvalue weighted by Gasteiger charge is -2.04. The van der Waals surface area contributed by atoms with Gasteiger partial charge in [0.2, 0.25) is 6.29 Å². The van der Waals surface area contributed by atoms with Gasteiger partial charge in [0.25, 0.3) is 5.69 Å². The fourth-order valence-electron chi connectivity index (χ4n) is 1.48. The van der Waals surface area contributed by atoms with Gasteiger partial charge in [-0.3, -0.25) is 14.9 Å². The molecule has 0 saturated carbocycles. The maximum atomic E-state index is 10.7. The van der Waals surface area contributed by atoms with E-state index >= 15 is 0 Å². The van der Waals surface area contributed by atoms with Crippen molar-refractivity contribution >= 4 is 12.0 Å². The summed E-state index contributed by atoms with van der Waals surface area (Å²) in [5, 5.41) is 10.7. The van der Waals surface area contributed by atoms with Crippen LogP contribution in [0.3, 0.4) is 0 Å². The smallest absolute Gasteiger partial charge is 0.283 e. The van der Waals surface area contributed by atoms with Crippen LogP contribution in [0.1, 0.15) is 23.7 Å². The summed E-state index contributed by atoms with van der Waals surface area (Å²) < 4.78 is 10.6. The molecular weight excluding hydrogens is 214 g/mol. The number of nitro groups is 1. The molecule has 1 aliphatic heterocycles. The van der Waals surface area contributed by atoms with Crippen LogP contribution in [0.5, 0.6) is 11.5 Å². The zero-order chi connectivity index (χ0) is 11.7. The molecule has 1 unspecified atom stereocenters. The first kappa shape index (κ1) is 10.4. The van der Waals surface area contributed by atoms with Gasteiger partial charge in [-0.1, -0.05) is 6.92 Å². The minimum Gasteiger partial charge on any atom is -0.451 e. The highest BCUT2D eigenvalue weighted by Crippen LogP contribution is 2.39. The van der Waals surface area contributed by atoms with E-state index in [4.69, 9.17) is 9.47 Å². The molecule has 1 aliphatic rings. The molecule has 0 fully saturated rings. The summed E-state index contributed by atoms with van der Waals surface area (Å²) in [6.45, 7) is 1.87. The Bertz CT molecular complexity index is 457. The Labute approximate surface area is 90.9 Å². The van der Waals surface area contributed by atoms with Crippen LogP contribution in [0.2, 0.25) is 0 Å². The van der Waals surface area contributed by atoms with E-state index in [2.05, 4.69) is 0 Å². The van der Waals surface area contributed by atoms with Gasteiger partial charge in [0.15, 0.2) is 17.8 Å². The molecule has 0 radical (unpaired) electrons. The summed E-state index contributed by atoms with van der Waals surface area (Å²) in [5.74, 6) is 0.684. The van der Waals surface area contributed by atoms with E-state index in [1.165, 1.54) is 12.1 Å². The average Bonchev–Trinajstić information content (AvgIpc) is 2.68. The van der Waals surface area contributed by atoms with Crippen molar-refractivity contribution in [3.8, 4) is 11.5 Å². The van der Waals surface area contributed by atoms with Crippen LogP contribution >= 0.6 is 0 Å². The molecule has 84 valence electrons. The lowest BCUT2D eigenvalue weighted by Crippen LogP contribution is -2.15. The number of carbonyl (C=O) groups excluding carboxylic acids is 1. The summed E-state index contributed by atoms with van der Waals surface area (Å²) in [6, 6.07) is 2.55. The summed E-state index contributed by atoms with van der Waals surface area (Å²) in [6.07, 6.45) is 0.622. The molecular formula is C10H9NO5. The zero-order valence-electron chi connectivity index (χ0n) is 8.50. The molecule has 16 heavy (non-hydrogen) atoms. The number of nitrogens with zero attached hydrogens (tertiary/aromatic N) is 1. The number of carbonyl (C=O) groups is 1. The highest BCUT2D eigenvalue weighted by atomic mass is 16.7. The van der Waals surface area contributed by atoms with Crippen LogP contribution in [0.25, 0.3) is 0 Å². The van der Waals surface area contributed by atoms with E-state index in [-0.39, 0.29) is 11.3 Å². The number of hydrogen-bond acceptors (Lipinski definition) is 5. The fourth-order valence-corrected chi connectivity index (χ4v) is 1.48. The van der Waals surface area contributed by atoms with Gasteiger partial charge in [0, 0.05) is 12.5 Å². The van der Waals surface area contributed by atoms with E-state index < -0.39 is 11.2 Å². The van der Waals surface area contributed by atoms with Crippen LogP contribution in [0, 0.1) is 10.1 Å². The number of ether oxygens (including phenoxy) is 2. The average molecular weight is 223 g/mol. The van der Waals surface area contributed by atoms with Crippen molar-refractivity contribution in [3.05, 3.63) is 27.8 Å². The van der Waals surface area contributed by atoms with Gasteiger partial charge in [-0.05, 0) is 0 Å². The van der Waals surface area contributed by atoms with Crippen molar-refractivity contribution in [1.82, 2.24) is 0 Å². The Morgan fingerprint density at radius 3 is 2.56 bits per heavy atom. The molecule has 0 amide bonds. The first-order valence-corrected chi connectivity index (χ1v) is 4.76. The number of fused-ring (bicyclic) bond motifs is 1. The molecule has 6 heteroatoms. The molecule has 0 bridgehead atoms. The summed E-state index contributed by atoms with van der Waals surface area (Å²) >= 11 is 0. The predicted molar refractivity (Wildman–Crippen MR) is 53.8 cm³/mol. The SMILES string of the molecule is CCC1Oc2cc(C=O)c([N+](=O)[O-])cc2O1. The van der Waals surface area contributed by atoms with Gasteiger partial charge >= 0.3 is 0 Å². The highest BCUT2D eigenvalue weighted by molar-refractivity contribution is 5.83. The van der Waals surface area contributed by atoms with Crippen molar-refractivity contribution < 1.29 is 19.2 Å². The van der Waals surface area contributed by atoms with Crippen molar-refractivity contribution in [1.29, 1.82) is 0 Å². The second-order valence-electron chi connectivity index (χ2n) is 3.31. The quantitative estimate of drug-likeness (QED) is 0.444. The third-order valence-electron chi connectivity index (χ3n) is 2.27. The first-order chi connectivity index (χ1) is 7.65. The maximum Gasteiger partial charge on any atom is 0.283 e. The van der Waals surface area contributed by atoms with Crippen molar-refractivity contribution in [3.63, 3.8) is 0 Å². The molecule has 0 spiro atoms. The van der Waals surface area contributed by atoms with E-state index in [1.807, 2.05) is 6.92 Å². The molecule has 6 nitrogen and oxygen atoms in total. The first-order valence-electron chi connectivity index (χ1n) is 4.76. The summed E-state index contributed by atoms with van der Waals surface area (Å²) in [4.78, 5) is 20.7. The number of hydrogen-bond donors (Lipinski definition) is 0. The van der Waals surface area contributed by atoms with Crippen LogP contribution in [0.15, 0.2) is 12.1 Å². The Morgan fingerprint density at radius 1 is 1.44 bits per heavy atom. The van der Waals surface area contributed by atoms with Crippen LogP contribution < -0.4 is 9.47 Å². The van der Waals surface area contributed by atoms with Crippen LogP contribution in [-0.2, 0) is 0 Å². The Balaban J connectivity index is 2.46. The van der Waals surface area contributed by atoms with E-state index in [1.54, 1.807) is 0 Å². The standard InChI is InChI=1S/C10H9NO5/c1-2-10-15-8-3-6(5-12)7(11(13)14)4-9(8)16-10/h3-5,10H,2H2,1H3. The molecule has 0 aliphatic carbocycles. The maximum absolute atomic E-state index is 10.7. The molecule has 0 saturated heterocycles. The Hall–Kier alpha value is -2.11. The molecule has 1 aromatic rings. The number of rotatable bonds is 3. The third-order valence-corrected chi connectivity index (χ3v) is 2.27. The minimum atomic E-state index is -0.618. The largest absolute Gasteiger partial charge is 0.451 e.